The van der Waals surface area contributed by atoms with E-state index in [9.17, 15) is 0 Å². The highest BCUT2D eigenvalue weighted by atomic mass is 16.4. The van der Waals surface area contributed by atoms with Crippen LogP contribution < -0.4 is 18.3 Å². The molecule has 124 heavy (non-hydrogen) atoms. The highest BCUT2D eigenvalue weighted by molar-refractivity contribution is 6.12. The molecule has 23 rings (SSSR count). The largest absolute Gasteiger partial charge is 0.437 e. The Morgan fingerprint density at radius 2 is 0.621 bits per heavy atom. The lowest BCUT2D eigenvalue weighted by atomic mass is 9.92. The molecule has 12 nitrogen and oxygen atoms in total. The quantitative estimate of drug-likeness (QED) is 0.117. The summed E-state index contributed by atoms with van der Waals surface area (Å²) in [5.41, 5.74) is 35.8. The molecule has 0 N–H and O–H groups in total. The second-order valence-electron chi connectivity index (χ2n) is 34.7. The predicted molar refractivity (Wildman–Crippen MR) is 502 cm³/mol. The van der Waals surface area contributed by atoms with Crippen molar-refractivity contribution in [1.29, 1.82) is 0 Å². The maximum atomic E-state index is 6.33. The number of aromatic nitrogens is 8. The minimum Gasteiger partial charge on any atom is -0.437 e. The monoisotopic (exact) mass is 1620 g/mol. The van der Waals surface area contributed by atoms with E-state index in [2.05, 4.69) is 344 Å². The summed E-state index contributed by atoms with van der Waals surface area (Å²) < 4.78 is 33.8. The smallest absolute Gasteiger partial charge is 0.227 e. The number of nitrogens with zero attached hydrogens (tertiary/aromatic N) is 8. The zero-order valence-electron chi connectivity index (χ0n) is 72.1. The van der Waals surface area contributed by atoms with Gasteiger partial charge in [-0.25, -0.2) is 38.2 Å². The zero-order valence-corrected chi connectivity index (χ0v) is 72.1. The fourth-order valence-corrected chi connectivity index (χ4v) is 20.0. The van der Waals surface area contributed by atoms with Crippen LogP contribution in [0.1, 0.15) is 139 Å². The highest BCUT2D eigenvalue weighted by Gasteiger charge is 2.30. The molecule has 0 radical (unpaired) electrons. The molecule has 3 fully saturated rings. The van der Waals surface area contributed by atoms with E-state index in [1.54, 1.807) is 24.8 Å². The highest BCUT2D eigenvalue weighted by Crippen LogP contribution is 2.45. The van der Waals surface area contributed by atoms with Gasteiger partial charge in [-0.05, 0) is 224 Å². The van der Waals surface area contributed by atoms with Crippen LogP contribution >= 0.6 is 0 Å². The molecule has 12 aromatic heterocycles. The summed E-state index contributed by atoms with van der Waals surface area (Å²) >= 11 is 0. The second kappa shape index (κ2) is 33.5. The maximum Gasteiger partial charge on any atom is 0.227 e. The Bertz CT molecular complexity index is 7440. The van der Waals surface area contributed by atoms with Crippen LogP contribution in [0.4, 0.5) is 0 Å². The molecule has 20 aromatic rings. The fraction of sp³-hybridized carbons (Fsp3) is 0.214. The number of hydrogen-bond acceptors (Lipinski definition) is 8. The van der Waals surface area contributed by atoms with Gasteiger partial charge in [0.15, 0.2) is 47.1 Å². The molecule has 3 aliphatic carbocycles. The van der Waals surface area contributed by atoms with Crippen molar-refractivity contribution in [3.05, 3.63) is 337 Å². The standard InChI is InChI=1S/3C29H27N2O.C25H21N2O/c1-19-11-16-24-25-9-5-17-30-29(25)32-28(24)26(19)27-23(10-6-18-31(27)2)22-14-12-21(13-15-22)20-7-3-4-8-20;1-19-9-15-24-25-8-5-17-30-29(25)32-28(24)27(19)26-16-14-23(18-31(26)2)22-12-10-21(11-13-22)20-6-3-4-7-20;1-19-9-14-24-25-8-5-16-30-29(25)32-28(24)27(19)26-18-23(15-17-31(26)2)22-12-10-21(11-13-22)20-6-3-4-7-20;1-16-6-4-7-18(14-16)19-10-12-22(27(3)15-19)23-17(2)9-11-20-21-8-5-13-26-25(21)28-24(20)23/h5-6,9-18,20H,3-4,7-8H2,1-2H3;2*5,8-18,20H,3-4,6-7H2,1-2H3;4-15H,1-3H3/q4*+1. The fourth-order valence-electron chi connectivity index (χ4n) is 20.0. The van der Waals surface area contributed by atoms with Gasteiger partial charge in [0.05, 0.1) is 27.8 Å². The van der Waals surface area contributed by atoms with E-state index in [0.29, 0.717) is 22.9 Å². The van der Waals surface area contributed by atoms with Crippen LogP contribution in [0.5, 0.6) is 0 Å². The summed E-state index contributed by atoms with van der Waals surface area (Å²) in [6, 6.07) is 87.3. The number of benzene rings is 8. The average molecular weight is 1620 g/mol. The second-order valence-corrected chi connectivity index (χ2v) is 34.7. The van der Waals surface area contributed by atoms with Gasteiger partial charge in [0.2, 0.25) is 45.6 Å². The molecule has 12 heterocycles. The van der Waals surface area contributed by atoms with Gasteiger partial charge in [0.1, 0.15) is 28.2 Å². The Morgan fingerprint density at radius 1 is 0.266 bits per heavy atom. The molecular formula is C112H102N8O4+4. The first-order valence-corrected chi connectivity index (χ1v) is 44.1. The molecule has 610 valence electrons. The first-order chi connectivity index (χ1) is 60.7. The lowest BCUT2D eigenvalue weighted by Gasteiger charge is -2.13. The van der Waals surface area contributed by atoms with E-state index in [1.807, 2.05) is 24.3 Å². The molecule has 0 saturated heterocycles. The van der Waals surface area contributed by atoms with Gasteiger partial charge in [-0.3, -0.25) is 0 Å². The summed E-state index contributed by atoms with van der Waals surface area (Å²) in [6.45, 7) is 10.7. The maximum absolute atomic E-state index is 6.33. The Labute approximate surface area is 723 Å². The van der Waals surface area contributed by atoms with Gasteiger partial charge < -0.3 is 17.7 Å². The lowest BCUT2D eigenvalue weighted by Crippen LogP contribution is -2.31. The van der Waals surface area contributed by atoms with E-state index in [4.69, 9.17) is 17.7 Å². The molecule has 0 unspecified atom stereocenters. The minimum absolute atomic E-state index is 0.684. The Kier molecular flexibility index (Phi) is 21.3. The van der Waals surface area contributed by atoms with Gasteiger partial charge in [0, 0.05) is 109 Å². The van der Waals surface area contributed by atoms with E-state index in [1.165, 1.54) is 172 Å². The van der Waals surface area contributed by atoms with Crippen molar-refractivity contribution in [2.24, 2.45) is 28.2 Å². The third-order valence-corrected chi connectivity index (χ3v) is 26.6. The number of fused-ring (bicyclic) bond motifs is 12. The molecule has 12 heteroatoms. The predicted octanol–water partition coefficient (Wildman–Crippen LogP) is 27.1. The van der Waals surface area contributed by atoms with Crippen molar-refractivity contribution < 1.29 is 35.9 Å². The van der Waals surface area contributed by atoms with Gasteiger partial charge in [-0.15, -0.1) is 0 Å². The molecule has 3 saturated carbocycles. The van der Waals surface area contributed by atoms with Gasteiger partial charge >= 0.3 is 0 Å². The van der Waals surface area contributed by atoms with E-state index in [-0.39, 0.29) is 0 Å². The number of rotatable bonds is 11. The molecule has 0 bridgehead atoms. The van der Waals surface area contributed by atoms with Crippen molar-refractivity contribution in [1.82, 2.24) is 19.9 Å². The average Bonchev–Trinajstić information content (AvgIpc) is 1.58. The van der Waals surface area contributed by atoms with Crippen LogP contribution in [-0.2, 0) is 28.2 Å². The SMILES string of the molecule is Cc1ccc2c(oc3ncccc32)c1-c1c(-c2ccc(C3CCCC3)cc2)ccc[n+]1C.Cc1ccc2c(oc3ncccc32)c1-c1cc(-c2ccc(C3CCCC3)cc2)cc[n+]1C.Cc1ccc2c(oc3ncccc32)c1-c1ccc(-c2ccc(C3CCCC3)cc2)c[n+]1C.Cc1cccc(-c2ccc(-c3c(C)ccc4c3oc3ncccc34)[n+](C)c2)c1. The van der Waals surface area contributed by atoms with Crippen LogP contribution in [-0.4, -0.2) is 19.9 Å². The molecule has 8 aromatic carbocycles. The molecule has 0 spiro atoms. The summed E-state index contributed by atoms with van der Waals surface area (Å²) in [5.74, 6) is 2.23. The Morgan fingerprint density at radius 3 is 1.02 bits per heavy atom. The van der Waals surface area contributed by atoms with Crippen LogP contribution in [0, 0.1) is 34.6 Å². The summed E-state index contributed by atoms with van der Waals surface area (Å²) in [7, 11) is 8.42. The number of hydrogen-bond donors (Lipinski definition) is 0. The van der Waals surface area contributed by atoms with Gasteiger partial charge in [-0.1, -0.05) is 190 Å². The minimum atomic E-state index is 0.684. The third-order valence-electron chi connectivity index (χ3n) is 26.6. The third kappa shape index (κ3) is 15.0. The Balaban J connectivity index is 0.000000105. The van der Waals surface area contributed by atoms with Crippen LogP contribution in [0.2, 0.25) is 0 Å². The lowest BCUT2D eigenvalue weighted by molar-refractivity contribution is -0.660. The Hall–Kier alpha value is -13.8. The van der Waals surface area contributed by atoms with Crippen molar-refractivity contribution >= 4 is 88.3 Å². The van der Waals surface area contributed by atoms with Crippen LogP contribution in [0.3, 0.4) is 0 Å². The van der Waals surface area contributed by atoms with Crippen molar-refractivity contribution in [2.75, 3.05) is 0 Å². The molecular weight excluding hydrogens is 1520 g/mol. The van der Waals surface area contributed by atoms with Crippen molar-refractivity contribution in [3.63, 3.8) is 0 Å². The summed E-state index contributed by atoms with van der Waals surface area (Å²) in [5, 5.41) is 8.67. The number of aryl methyl sites for hydroxylation is 9. The van der Waals surface area contributed by atoms with Crippen LogP contribution in [0.25, 0.3) is 178 Å². The first kappa shape index (κ1) is 78.7. The molecule has 0 atom stereocenters. The number of pyridine rings is 8. The normalized spacial score (nSPS) is 13.8. The first-order valence-electron chi connectivity index (χ1n) is 44.1. The topological polar surface area (TPSA) is 120 Å². The number of furan rings is 4. The summed E-state index contributed by atoms with van der Waals surface area (Å²) in [4.78, 5) is 17.7. The van der Waals surface area contributed by atoms with Crippen molar-refractivity contribution in [3.8, 4) is 89.5 Å². The van der Waals surface area contributed by atoms with E-state index >= 15 is 0 Å². The summed E-state index contributed by atoms with van der Waals surface area (Å²) in [6.07, 6.45) is 32.0. The zero-order chi connectivity index (χ0) is 84.2. The van der Waals surface area contributed by atoms with E-state index in [0.717, 1.165) is 123 Å². The van der Waals surface area contributed by atoms with Crippen molar-refractivity contribution in [2.45, 2.75) is 129 Å². The van der Waals surface area contributed by atoms with Gasteiger partial charge in [0.25, 0.3) is 0 Å². The van der Waals surface area contributed by atoms with Gasteiger partial charge in [-0.2, -0.15) is 0 Å². The molecule has 3 aliphatic rings. The molecule has 0 aliphatic heterocycles. The van der Waals surface area contributed by atoms with Crippen LogP contribution in [0.15, 0.2) is 310 Å². The molecule has 0 amide bonds. The van der Waals surface area contributed by atoms with E-state index < -0.39 is 0 Å².